The van der Waals surface area contributed by atoms with Gasteiger partial charge in [0, 0.05) is 24.5 Å². The lowest BCUT2D eigenvalue weighted by Gasteiger charge is -2.12. The standard InChI is InChI=1S/C30H28F3N3O6S/c1-39-23-13-14-24(26(17-23)40-2)28(38)35-29-36(16-6-15-34-27(37)18-41-21-7-4-3-5-8-21)25(19-43-29)20-9-11-22(12-10-20)42-30(31,32)33/h3-5,7-14,17,19H,6,15-16,18H2,1-2H3,(H,34,37)/b35-29-. The molecule has 0 atom stereocenters. The summed E-state index contributed by atoms with van der Waals surface area (Å²) in [4.78, 5) is 30.1. The Balaban J connectivity index is 1.54. The molecule has 0 aliphatic heterocycles. The van der Waals surface area contributed by atoms with Crippen LogP contribution in [-0.4, -0.2) is 50.1 Å². The average molecular weight is 616 g/mol. The van der Waals surface area contributed by atoms with Crippen LogP contribution in [0.2, 0.25) is 0 Å². The molecule has 1 N–H and O–H groups in total. The number of nitrogens with one attached hydrogen (secondary N) is 1. The zero-order chi connectivity index (χ0) is 30.8. The van der Waals surface area contributed by atoms with E-state index in [1.807, 2.05) is 6.07 Å². The number of carbonyl (C=O) groups excluding carboxylic acids is 2. The van der Waals surface area contributed by atoms with Crippen LogP contribution in [0.3, 0.4) is 0 Å². The third-order valence-corrected chi connectivity index (χ3v) is 6.88. The third-order valence-electron chi connectivity index (χ3n) is 6.01. The van der Waals surface area contributed by atoms with Gasteiger partial charge in [0.2, 0.25) is 0 Å². The van der Waals surface area contributed by atoms with Gasteiger partial charge in [-0.2, -0.15) is 4.99 Å². The number of hydrogen-bond acceptors (Lipinski definition) is 7. The molecule has 13 heteroatoms. The van der Waals surface area contributed by atoms with Crippen LogP contribution in [0, 0.1) is 0 Å². The van der Waals surface area contributed by atoms with Crippen molar-refractivity contribution >= 4 is 23.2 Å². The van der Waals surface area contributed by atoms with Gasteiger partial charge in [-0.25, -0.2) is 0 Å². The first-order valence-electron chi connectivity index (χ1n) is 13.0. The van der Waals surface area contributed by atoms with Gasteiger partial charge in [-0.3, -0.25) is 9.59 Å². The van der Waals surface area contributed by atoms with E-state index in [2.05, 4.69) is 15.0 Å². The first kappa shape index (κ1) is 31.2. The van der Waals surface area contributed by atoms with Gasteiger partial charge in [0.25, 0.3) is 11.8 Å². The smallest absolute Gasteiger partial charge is 0.497 e. The summed E-state index contributed by atoms with van der Waals surface area (Å²) < 4.78 is 59.6. The Morgan fingerprint density at radius 3 is 2.33 bits per heavy atom. The molecule has 0 aliphatic rings. The topological polar surface area (TPSA) is 100 Å². The van der Waals surface area contributed by atoms with E-state index in [-0.39, 0.29) is 29.6 Å². The minimum Gasteiger partial charge on any atom is -0.497 e. The van der Waals surface area contributed by atoms with Crippen LogP contribution in [0.5, 0.6) is 23.0 Å². The fourth-order valence-corrected chi connectivity index (χ4v) is 4.93. The van der Waals surface area contributed by atoms with Crippen molar-refractivity contribution in [2.24, 2.45) is 4.99 Å². The molecule has 1 heterocycles. The lowest BCUT2D eigenvalue weighted by atomic mass is 10.1. The maximum absolute atomic E-state index is 13.2. The van der Waals surface area contributed by atoms with Crippen molar-refractivity contribution in [3.63, 3.8) is 0 Å². The van der Waals surface area contributed by atoms with Gasteiger partial charge < -0.3 is 28.8 Å². The predicted octanol–water partition coefficient (Wildman–Crippen LogP) is 5.46. The second-order valence-corrected chi connectivity index (χ2v) is 9.75. The molecular weight excluding hydrogens is 587 g/mol. The Morgan fingerprint density at radius 1 is 0.930 bits per heavy atom. The van der Waals surface area contributed by atoms with Crippen molar-refractivity contribution in [3.8, 4) is 34.3 Å². The largest absolute Gasteiger partial charge is 0.573 e. The first-order valence-corrected chi connectivity index (χ1v) is 13.8. The highest BCUT2D eigenvalue weighted by molar-refractivity contribution is 7.07. The van der Waals surface area contributed by atoms with E-state index in [1.165, 1.54) is 49.8 Å². The highest BCUT2D eigenvalue weighted by Gasteiger charge is 2.31. The fraction of sp³-hybridized carbons (Fsp3) is 0.233. The Bertz CT molecular complexity index is 1600. The zero-order valence-corrected chi connectivity index (χ0v) is 24.0. The molecule has 0 radical (unpaired) electrons. The van der Waals surface area contributed by atoms with E-state index < -0.39 is 12.3 Å². The monoisotopic (exact) mass is 615 g/mol. The maximum atomic E-state index is 13.2. The van der Waals surface area contributed by atoms with Gasteiger partial charge in [0.15, 0.2) is 11.4 Å². The number of amides is 2. The molecule has 0 saturated carbocycles. The molecule has 0 bridgehead atoms. The first-order chi connectivity index (χ1) is 20.7. The number of para-hydroxylation sites is 1. The highest BCUT2D eigenvalue weighted by atomic mass is 32.1. The lowest BCUT2D eigenvalue weighted by molar-refractivity contribution is -0.274. The summed E-state index contributed by atoms with van der Waals surface area (Å²) in [6, 6.07) is 19.1. The molecule has 9 nitrogen and oxygen atoms in total. The molecular formula is C30H28F3N3O6S. The lowest BCUT2D eigenvalue weighted by Crippen LogP contribution is -2.30. The summed E-state index contributed by atoms with van der Waals surface area (Å²) in [7, 11) is 2.93. The van der Waals surface area contributed by atoms with Gasteiger partial charge in [0.05, 0.1) is 25.5 Å². The third kappa shape index (κ3) is 8.85. The normalized spacial score (nSPS) is 11.6. The van der Waals surface area contributed by atoms with E-state index in [0.717, 1.165) is 0 Å². The van der Waals surface area contributed by atoms with Crippen LogP contribution in [0.1, 0.15) is 16.8 Å². The number of alkyl halides is 3. The molecule has 0 spiro atoms. The Kier molecular flexibility index (Phi) is 10.4. The second-order valence-electron chi connectivity index (χ2n) is 8.92. The van der Waals surface area contributed by atoms with Crippen LogP contribution in [0.15, 0.2) is 83.2 Å². The van der Waals surface area contributed by atoms with E-state index >= 15 is 0 Å². The summed E-state index contributed by atoms with van der Waals surface area (Å²) in [6.45, 7) is 0.495. The number of ether oxygens (including phenoxy) is 4. The van der Waals surface area contributed by atoms with E-state index in [0.29, 0.717) is 47.1 Å². The molecule has 0 fully saturated rings. The van der Waals surface area contributed by atoms with Crippen LogP contribution in [0.25, 0.3) is 11.3 Å². The van der Waals surface area contributed by atoms with Crippen molar-refractivity contribution in [2.75, 3.05) is 27.4 Å². The number of rotatable bonds is 12. The summed E-state index contributed by atoms with van der Waals surface area (Å²) in [5.41, 5.74) is 1.43. The number of methoxy groups -OCH3 is 2. The van der Waals surface area contributed by atoms with Crippen molar-refractivity contribution < 1.29 is 41.7 Å². The van der Waals surface area contributed by atoms with Gasteiger partial charge in [-0.15, -0.1) is 24.5 Å². The van der Waals surface area contributed by atoms with E-state index in [4.69, 9.17) is 14.2 Å². The quantitative estimate of drug-likeness (QED) is 0.213. The highest BCUT2D eigenvalue weighted by Crippen LogP contribution is 2.28. The molecule has 43 heavy (non-hydrogen) atoms. The van der Waals surface area contributed by atoms with Crippen LogP contribution in [0.4, 0.5) is 13.2 Å². The van der Waals surface area contributed by atoms with E-state index in [1.54, 1.807) is 52.4 Å². The molecule has 4 aromatic rings. The summed E-state index contributed by atoms with van der Waals surface area (Å²) >= 11 is 1.19. The SMILES string of the molecule is COc1ccc(C(=O)/N=c2\scc(-c3ccc(OC(F)(F)F)cc3)n2CCCNC(=O)COc2ccccc2)c(OC)c1. The Labute approximate surface area is 249 Å². The fourth-order valence-electron chi connectivity index (χ4n) is 4.00. The van der Waals surface area contributed by atoms with Crippen LogP contribution < -0.4 is 29.1 Å². The minimum atomic E-state index is -4.81. The molecule has 226 valence electrons. The molecule has 0 saturated heterocycles. The summed E-state index contributed by atoms with van der Waals surface area (Å²) in [5, 5.41) is 4.55. The summed E-state index contributed by atoms with van der Waals surface area (Å²) in [5.74, 6) is 0.166. The number of nitrogens with zero attached hydrogens (tertiary/aromatic N) is 2. The maximum Gasteiger partial charge on any atom is 0.573 e. The number of halogens is 3. The van der Waals surface area contributed by atoms with Gasteiger partial charge >= 0.3 is 6.36 Å². The zero-order valence-electron chi connectivity index (χ0n) is 23.2. The van der Waals surface area contributed by atoms with Crippen LogP contribution >= 0.6 is 11.3 Å². The van der Waals surface area contributed by atoms with Gasteiger partial charge in [-0.05, 0) is 60.5 Å². The average Bonchev–Trinajstić information content (AvgIpc) is 3.39. The van der Waals surface area contributed by atoms with E-state index in [9.17, 15) is 22.8 Å². The van der Waals surface area contributed by atoms with Crippen molar-refractivity contribution in [1.82, 2.24) is 9.88 Å². The molecule has 0 aliphatic carbocycles. The minimum absolute atomic E-state index is 0.147. The number of thiazole rings is 1. The Morgan fingerprint density at radius 2 is 1.65 bits per heavy atom. The van der Waals surface area contributed by atoms with Crippen molar-refractivity contribution in [3.05, 3.63) is 88.5 Å². The number of carbonyl (C=O) groups is 2. The number of benzene rings is 3. The summed E-state index contributed by atoms with van der Waals surface area (Å²) in [6.07, 6.45) is -4.35. The molecule has 1 aromatic heterocycles. The second kappa shape index (κ2) is 14.4. The molecule has 3 aromatic carbocycles. The number of hydrogen-bond donors (Lipinski definition) is 1. The van der Waals surface area contributed by atoms with Gasteiger partial charge in [-0.1, -0.05) is 18.2 Å². The molecule has 0 unspecified atom stereocenters. The number of aromatic nitrogens is 1. The van der Waals surface area contributed by atoms with Crippen molar-refractivity contribution in [2.45, 2.75) is 19.3 Å². The molecule has 4 rings (SSSR count). The van der Waals surface area contributed by atoms with Gasteiger partial charge in [0.1, 0.15) is 23.0 Å². The van der Waals surface area contributed by atoms with Crippen molar-refractivity contribution in [1.29, 1.82) is 0 Å². The Hall–Kier alpha value is -4.78. The predicted molar refractivity (Wildman–Crippen MR) is 153 cm³/mol. The van der Waals surface area contributed by atoms with Crippen LogP contribution in [-0.2, 0) is 11.3 Å². The molecule has 2 amide bonds.